The third-order valence-electron chi connectivity index (χ3n) is 4.41. The number of likely N-dealkylation sites (tertiary alicyclic amines) is 1. The summed E-state index contributed by atoms with van der Waals surface area (Å²) in [6, 6.07) is 10.5. The SMILES string of the molecule is O=C(c1cncs1)N1CC[C@@H](Cc2ccc3ncccc3c2)C1. The van der Waals surface area contributed by atoms with E-state index in [1.807, 2.05) is 17.2 Å². The highest BCUT2D eigenvalue weighted by molar-refractivity contribution is 7.11. The fraction of sp³-hybridized carbons (Fsp3) is 0.278. The Labute approximate surface area is 138 Å². The predicted molar refractivity (Wildman–Crippen MR) is 91.6 cm³/mol. The topological polar surface area (TPSA) is 46.1 Å². The van der Waals surface area contributed by atoms with Crippen LogP contribution in [0.25, 0.3) is 10.9 Å². The molecule has 1 aliphatic rings. The minimum atomic E-state index is 0.123. The first-order chi connectivity index (χ1) is 11.3. The van der Waals surface area contributed by atoms with Crippen molar-refractivity contribution in [3.63, 3.8) is 0 Å². The minimum Gasteiger partial charge on any atom is -0.338 e. The van der Waals surface area contributed by atoms with E-state index in [9.17, 15) is 4.79 Å². The lowest BCUT2D eigenvalue weighted by molar-refractivity contribution is 0.0791. The number of aromatic nitrogens is 2. The second kappa shape index (κ2) is 6.08. The van der Waals surface area contributed by atoms with E-state index in [-0.39, 0.29) is 5.91 Å². The molecule has 116 valence electrons. The van der Waals surface area contributed by atoms with Crippen molar-refractivity contribution in [1.29, 1.82) is 0 Å². The molecule has 4 nitrogen and oxygen atoms in total. The Hall–Kier alpha value is -2.27. The summed E-state index contributed by atoms with van der Waals surface area (Å²) in [6.45, 7) is 1.68. The molecule has 0 radical (unpaired) electrons. The van der Waals surface area contributed by atoms with Crippen molar-refractivity contribution < 1.29 is 4.79 Å². The molecule has 4 rings (SSSR count). The van der Waals surface area contributed by atoms with E-state index < -0.39 is 0 Å². The average Bonchev–Trinajstić information content (AvgIpc) is 3.26. The number of hydrogen-bond donors (Lipinski definition) is 0. The van der Waals surface area contributed by atoms with E-state index in [0.717, 1.165) is 36.3 Å². The van der Waals surface area contributed by atoms with Gasteiger partial charge >= 0.3 is 0 Å². The Morgan fingerprint density at radius 2 is 2.30 bits per heavy atom. The maximum absolute atomic E-state index is 12.4. The van der Waals surface area contributed by atoms with Crippen LogP contribution >= 0.6 is 11.3 Å². The summed E-state index contributed by atoms with van der Waals surface area (Å²) in [7, 11) is 0. The van der Waals surface area contributed by atoms with Gasteiger partial charge in [0.2, 0.25) is 0 Å². The number of thiazole rings is 1. The molecule has 1 fully saturated rings. The van der Waals surface area contributed by atoms with Gasteiger partial charge in [0.15, 0.2) is 0 Å². The Morgan fingerprint density at radius 3 is 3.17 bits per heavy atom. The summed E-state index contributed by atoms with van der Waals surface area (Å²) in [5.41, 5.74) is 4.07. The number of rotatable bonds is 3. The highest BCUT2D eigenvalue weighted by Gasteiger charge is 2.27. The number of benzene rings is 1. The van der Waals surface area contributed by atoms with Gasteiger partial charge in [-0.05, 0) is 42.5 Å². The van der Waals surface area contributed by atoms with E-state index in [1.165, 1.54) is 22.3 Å². The van der Waals surface area contributed by atoms with Crippen LogP contribution in [0.15, 0.2) is 48.2 Å². The van der Waals surface area contributed by atoms with Crippen molar-refractivity contribution >= 4 is 28.1 Å². The average molecular weight is 323 g/mol. The van der Waals surface area contributed by atoms with Gasteiger partial charge in [-0.25, -0.2) is 0 Å². The van der Waals surface area contributed by atoms with Gasteiger partial charge in [0.05, 0.1) is 17.2 Å². The molecule has 3 aromatic rings. The molecule has 0 N–H and O–H groups in total. The number of amides is 1. The molecule has 0 aliphatic carbocycles. The van der Waals surface area contributed by atoms with Crippen LogP contribution in [0.1, 0.15) is 21.7 Å². The molecule has 0 bridgehead atoms. The first-order valence-electron chi connectivity index (χ1n) is 7.81. The fourth-order valence-electron chi connectivity index (χ4n) is 3.25. The maximum atomic E-state index is 12.4. The van der Waals surface area contributed by atoms with Crippen LogP contribution in [-0.4, -0.2) is 33.9 Å². The van der Waals surface area contributed by atoms with Gasteiger partial charge in [-0.1, -0.05) is 12.1 Å². The second-order valence-electron chi connectivity index (χ2n) is 6.01. The van der Waals surface area contributed by atoms with E-state index in [0.29, 0.717) is 5.92 Å². The summed E-state index contributed by atoms with van der Waals surface area (Å²) >= 11 is 1.42. The highest BCUT2D eigenvalue weighted by atomic mass is 32.1. The van der Waals surface area contributed by atoms with E-state index in [2.05, 4.69) is 34.2 Å². The molecule has 1 atom stereocenters. The summed E-state index contributed by atoms with van der Waals surface area (Å²) < 4.78 is 0. The first kappa shape index (κ1) is 14.3. The highest BCUT2D eigenvalue weighted by Crippen LogP contribution is 2.24. The Kier molecular flexibility index (Phi) is 3.79. The summed E-state index contributed by atoms with van der Waals surface area (Å²) in [6.07, 6.45) is 5.56. The summed E-state index contributed by atoms with van der Waals surface area (Å²) in [5.74, 6) is 0.652. The van der Waals surface area contributed by atoms with Gasteiger partial charge in [0, 0.05) is 24.7 Å². The third-order valence-corrected chi connectivity index (χ3v) is 5.17. The minimum absolute atomic E-state index is 0.123. The molecular weight excluding hydrogens is 306 g/mol. The van der Waals surface area contributed by atoms with Crippen molar-refractivity contribution in [3.05, 3.63) is 58.7 Å². The van der Waals surface area contributed by atoms with Crippen molar-refractivity contribution in [1.82, 2.24) is 14.9 Å². The maximum Gasteiger partial charge on any atom is 0.265 e. The zero-order valence-corrected chi connectivity index (χ0v) is 13.5. The molecule has 0 saturated carbocycles. The quantitative estimate of drug-likeness (QED) is 0.742. The van der Waals surface area contributed by atoms with Gasteiger partial charge in [0.1, 0.15) is 4.88 Å². The van der Waals surface area contributed by atoms with Crippen molar-refractivity contribution in [2.75, 3.05) is 13.1 Å². The van der Waals surface area contributed by atoms with Crippen molar-refractivity contribution in [2.45, 2.75) is 12.8 Å². The van der Waals surface area contributed by atoms with Gasteiger partial charge in [0.25, 0.3) is 5.91 Å². The lowest BCUT2D eigenvalue weighted by Gasteiger charge is -2.15. The second-order valence-corrected chi connectivity index (χ2v) is 6.89. The molecule has 1 amide bonds. The smallest absolute Gasteiger partial charge is 0.265 e. The zero-order chi connectivity index (χ0) is 15.6. The molecule has 1 saturated heterocycles. The van der Waals surface area contributed by atoms with Gasteiger partial charge in [-0.2, -0.15) is 0 Å². The van der Waals surface area contributed by atoms with E-state index in [4.69, 9.17) is 0 Å². The normalized spacial score (nSPS) is 17.7. The van der Waals surface area contributed by atoms with E-state index in [1.54, 1.807) is 11.7 Å². The number of carbonyl (C=O) groups is 1. The van der Waals surface area contributed by atoms with Crippen LogP contribution in [0, 0.1) is 5.92 Å². The molecular formula is C18H17N3OS. The van der Waals surface area contributed by atoms with Crippen LogP contribution in [-0.2, 0) is 6.42 Å². The van der Waals surface area contributed by atoms with Crippen molar-refractivity contribution in [3.8, 4) is 0 Å². The molecule has 1 aromatic carbocycles. The number of carbonyl (C=O) groups excluding carboxylic acids is 1. The third kappa shape index (κ3) is 2.97. The molecule has 3 heterocycles. The van der Waals surface area contributed by atoms with Crippen LogP contribution in [0.4, 0.5) is 0 Å². The lowest BCUT2D eigenvalue weighted by Crippen LogP contribution is -2.28. The molecule has 23 heavy (non-hydrogen) atoms. The van der Waals surface area contributed by atoms with E-state index >= 15 is 0 Å². The Balaban J connectivity index is 1.44. The van der Waals surface area contributed by atoms with Crippen LogP contribution in [0.3, 0.4) is 0 Å². The molecule has 1 aliphatic heterocycles. The lowest BCUT2D eigenvalue weighted by atomic mass is 9.97. The predicted octanol–water partition coefficient (Wildman–Crippen LogP) is 3.40. The van der Waals surface area contributed by atoms with Gasteiger partial charge in [-0.3, -0.25) is 14.8 Å². The molecule has 5 heteroatoms. The standard InChI is InChI=1S/C18H17N3OS/c22-18(17-10-19-12-23-17)21-7-5-14(11-21)8-13-3-4-16-15(9-13)2-1-6-20-16/h1-4,6,9-10,12,14H,5,7-8,11H2/t14-/m0/s1. The Morgan fingerprint density at radius 1 is 1.35 bits per heavy atom. The number of nitrogens with zero attached hydrogens (tertiary/aromatic N) is 3. The number of hydrogen-bond acceptors (Lipinski definition) is 4. The zero-order valence-electron chi connectivity index (χ0n) is 12.7. The summed E-state index contributed by atoms with van der Waals surface area (Å²) in [4.78, 5) is 23.4. The van der Waals surface area contributed by atoms with Gasteiger partial charge < -0.3 is 4.90 Å². The largest absolute Gasteiger partial charge is 0.338 e. The Bertz CT molecular complexity index is 831. The number of pyridine rings is 1. The van der Waals surface area contributed by atoms with Gasteiger partial charge in [-0.15, -0.1) is 11.3 Å². The fourth-order valence-corrected chi connectivity index (χ4v) is 3.83. The first-order valence-corrected chi connectivity index (χ1v) is 8.69. The van der Waals surface area contributed by atoms with Crippen LogP contribution < -0.4 is 0 Å². The monoisotopic (exact) mass is 323 g/mol. The van der Waals surface area contributed by atoms with Crippen molar-refractivity contribution in [2.24, 2.45) is 5.92 Å². The summed E-state index contributed by atoms with van der Waals surface area (Å²) in [5, 5.41) is 1.18. The molecule has 0 unspecified atom stereocenters. The van der Waals surface area contributed by atoms with Crippen LogP contribution in [0.2, 0.25) is 0 Å². The molecule has 2 aromatic heterocycles. The molecule has 0 spiro atoms. The number of fused-ring (bicyclic) bond motifs is 1. The van der Waals surface area contributed by atoms with Crippen LogP contribution in [0.5, 0.6) is 0 Å².